The van der Waals surface area contributed by atoms with E-state index in [1.807, 2.05) is 84.4 Å². The summed E-state index contributed by atoms with van der Waals surface area (Å²) in [4.78, 5) is 30.0. The summed E-state index contributed by atoms with van der Waals surface area (Å²) in [5.41, 5.74) is 4.04. The molecule has 0 radical (unpaired) electrons. The van der Waals surface area contributed by atoms with Crippen LogP contribution in [0.25, 0.3) is 33.4 Å². The van der Waals surface area contributed by atoms with E-state index in [4.69, 9.17) is 4.74 Å². The van der Waals surface area contributed by atoms with Crippen molar-refractivity contribution in [2.24, 2.45) is 0 Å². The summed E-state index contributed by atoms with van der Waals surface area (Å²) < 4.78 is 6.89. The Balaban J connectivity index is 1.43. The monoisotopic (exact) mass is 487 g/mol. The molecule has 0 saturated carbocycles. The Bertz CT molecular complexity index is 1630. The number of hydrogen-bond donors (Lipinski definition) is 1. The fraction of sp³-hybridized carbons (Fsp3) is 0.0645. The van der Waals surface area contributed by atoms with Gasteiger partial charge in [0.25, 0.3) is 0 Å². The number of carbonyl (C=O) groups is 2. The van der Waals surface area contributed by atoms with E-state index < -0.39 is 5.97 Å². The summed E-state index contributed by atoms with van der Waals surface area (Å²) in [5, 5.41) is 5.08. The van der Waals surface area contributed by atoms with Gasteiger partial charge in [-0.15, -0.1) is 0 Å². The summed E-state index contributed by atoms with van der Waals surface area (Å²) in [6.45, 7) is 1.89. The van der Waals surface area contributed by atoms with E-state index in [2.05, 4.69) is 22.4 Å². The van der Waals surface area contributed by atoms with E-state index >= 15 is 0 Å². The van der Waals surface area contributed by atoms with Gasteiger partial charge in [-0.2, -0.15) is 0 Å². The molecule has 6 heteroatoms. The molecule has 182 valence electrons. The van der Waals surface area contributed by atoms with Crippen LogP contribution in [0.2, 0.25) is 0 Å². The molecular weight excluding hydrogens is 462 g/mol. The Morgan fingerprint density at radius 2 is 1.65 bits per heavy atom. The fourth-order valence-electron chi connectivity index (χ4n) is 4.27. The SMILES string of the molecule is COC(=O)c1cc(-n2ccnc2-c2ccccc2)ccc1NC(=O)C=C(C)c1ccc2ccccc2c1. The number of benzene rings is 4. The zero-order valence-corrected chi connectivity index (χ0v) is 20.5. The lowest BCUT2D eigenvalue weighted by Crippen LogP contribution is -2.14. The maximum atomic E-state index is 12.9. The Morgan fingerprint density at radius 3 is 2.43 bits per heavy atom. The number of hydrogen-bond acceptors (Lipinski definition) is 4. The van der Waals surface area contributed by atoms with Crippen molar-refractivity contribution in [2.45, 2.75) is 6.92 Å². The highest BCUT2D eigenvalue weighted by atomic mass is 16.5. The molecule has 1 amide bonds. The summed E-state index contributed by atoms with van der Waals surface area (Å²) in [6.07, 6.45) is 5.06. The molecule has 0 fully saturated rings. The molecule has 0 unspecified atom stereocenters. The predicted molar refractivity (Wildman–Crippen MR) is 147 cm³/mol. The van der Waals surface area contributed by atoms with Crippen molar-refractivity contribution in [1.29, 1.82) is 0 Å². The van der Waals surface area contributed by atoms with Gasteiger partial charge < -0.3 is 10.1 Å². The first-order valence-corrected chi connectivity index (χ1v) is 11.8. The Hall–Kier alpha value is -4.97. The average molecular weight is 488 g/mol. The van der Waals surface area contributed by atoms with Crippen LogP contribution < -0.4 is 5.32 Å². The predicted octanol–water partition coefficient (Wildman–Crippen LogP) is 6.52. The standard InChI is InChI=1S/C31H25N3O3/c1-21(24-13-12-22-8-6-7-11-25(22)19-24)18-29(35)33-28-15-14-26(20-27(28)31(36)37-2)34-17-16-32-30(34)23-9-4-3-5-10-23/h3-20H,1-2H3,(H,33,35). The summed E-state index contributed by atoms with van der Waals surface area (Å²) >= 11 is 0. The first kappa shape index (κ1) is 23.8. The number of amides is 1. The van der Waals surface area contributed by atoms with Gasteiger partial charge in [0.2, 0.25) is 5.91 Å². The van der Waals surface area contributed by atoms with E-state index in [9.17, 15) is 9.59 Å². The van der Waals surface area contributed by atoms with Crippen molar-refractivity contribution >= 4 is 33.9 Å². The van der Waals surface area contributed by atoms with Gasteiger partial charge in [0, 0.05) is 29.7 Å². The molecule has 4 aromatic carbocycles. The molecule has 5 rings (SSSR count). The number of nitrogens with one attached hydrogen (secondary N) is 1. The van der Waals surface area contributed by atoms with E-state index in [0.29, 0.717) is 5.69 Å². The van der Waals surface area contributed by atoms with Gasteiger partial charge in [-0.3, -0.25) is 9.36 Å². The number of carbonyl (C=O) groups excluding carboxylic acids is 2. The van der Waals surface area contributed by atoms with Gasteiger partial charge in [0.15, 0.2) is 0 Å². The minimum absolute atomic E-state index is 0.248. The molecule has 6 nitrogen and oxygen atoms in total. The van der Waals surface area contributed by atoms with E-state index in [1.165, 1.54) is 13.2 Å². The summed E-state index contributed by atoms with van der Waals surface area (Å²) in [5.74, 6) is -0.146. The lowest BCUT2D eigenvalue weighted by molar-refractivity contribution is -0.111. The average Bonchev–Trinajstić information content (AvgIpc) is 3.43. The number of nitrogens with zero attached hydrogens (tertiary/aromatic N) is 2. The second-order valence-electron chi connectivity index (χ2n) is 8.59. The van der Waals surface area contributed by atoms with Crippen LogP contribution in [0.1, 0.15) is 22.8 Å². The van der Waals surface area contributed by atoms with Crippen LogP contribution in [0.3, 0.4) is 0 Å². The number of fused-ring (bicyclic) bond motifs is 1. The number of aromatic nitrogens is 2. The molecule has 1 aromatic heterocycles. The van der Waals surface area contributed by atoms with Crippen LogP contribution in [-0.2, 0) is 9.53 Å². The number of rotatable bonds is 6. The minimum atomic E-state index is -0.547. The van der Waals surface area contributed by atoms with E-state index in [-0.39, 0.29) is 11.5 Å². The van der Waals surface area contributed by atoms with Gasteiger partial charge in [0.1, 0.15) is 5.82 Å². The summed E-state index contributed by atoms with van der Waals surface area (Å²) in [7, 11) is 1.32. The highest BCUT2D eigenvalue weighted by Gasteiger charge is 2.17. The first-order valence-electron chi connectivity index (χ1n) is 11.8. The second-order valence-corrected chi connectivity index (χ2v) is 8.59. The molecule has 0 aliphatic heterocycles. The van der Waals surface area contributed by atoms with Crippen LogP contribution in [0.5, 0.6) is 0 Å². The molecule has 0 aliphatic rings. The molecule has 0 aliphatic carbocycles. The normalized spacial score (nSPS) is 11.4. The molecule has 1 N–H and O–H groups in total. The van der Waals surface area contributed by atoms with Crippen LogP contribution in [0.4, 0.5) is 5.69 Å². The van der Waals surface area contributed by atoms with Crippen LogP contribution in [-0.4, -0.2) is 28.5 Å². The van der Waals surface area contributed by atoms with Gasteiger partial charge in [-0.05, 0) is 53.1 Å². The lowest BCUT2D eigenvalue weighted by atomic mass is 10.0. The van der Waals surface area contributed by atoms with Crippen molar-refractivity contribution in [3.05, 3.63) is 121 Å². The highest BCUT2D eigenvalue weighted by molar-refractivity contribution is 6.08. The van der Waals surface area contributed by atoms with Gasteiger partial charge in [-0.1, -0.05) is 66.7 Å². The number of esters is 1. The van der Waals surface area contributed by atoms with Crippen molar-refractivity contribution in [3.8, 4) is 17.1 Å². The van der Waals surface area contributed by atoms with Gasteiger partial charge >= 0.3 is 5.97 Å². The third kappa shape index (κ3) is 5.04. The van der Waals surface area contributed by atoms with Crippen LogP contribution in [0, 0.1) is 0 Å². The molecule has 5 aromatic rings. The summed E-state index contributed by atoms with van der Waals surface area (Å²) in [6, 6.07) is 29.2. The number of methoxy groups -OCH3 is 1. The van der Waals surface area contributed by atoms with E-state index in [0.717, 1.165) is 39.0 Å². The molecular formula is C31H25N3O3. The Morgan fingerprint density at radius 1 is 0.892 bits per heavy atom. The topological polar surface area (TPSA) is 73.2 Å². The van der Waals surface area contributed by atoms with Gasteiger partial charge in [0.05, 0.1) is 18.4 Å². The van der Waals surface area contributed by atoms with Crippen molar-refractivity contribution in [1.82, 2.24) is 9.55 Å². The third-order valence-corrected chi connectivity index (χ3v) is 6.17. The molecule has 0 atom stereocenters. The zero-order chi connectivity index (χ0) is 25.8. The molecule has 37 heavy (non-hydrogen) atoms. The van der Waals surface area contributed by atoms with Crippen molar-refractivity contribution in [2.75, 3.05) is 12.4 Å². The quantitative estimate of drug-likeness (QED) is 0.219. The number of ether oxygens (including phenoxy) is 1. The lowest BCUT2D eigenvalue weighted by Gasteiger charge is -2.13. The largest absolute Gasteiger partial charge is 0.465 e. The number of anilines is 1. The molecule has 0 saturated heterocycles. The Labute approximate surface area is 214 Å². The minimum Gasteiger partial charge on any atom is -0.465 e. The van der Waals surface area contributed by atoms with Crippen molar-refractivity contribution < 1.29 is 14.3 Å². The van der Waals surface area contributed by atoms with Crippen LogP contribution >= 0.6 is 0 Å². The maximum Gasteiger partial charge on any atom is 0.340 e. The molecule has 0 spiro atoms. The van der Waals surface area contributed by atoms with E-state index in [1.54, 1.807) is 18.3 Å². The molecule has 0 bridgehead atoms. The smallest absolute Gasteiger partial charge is 0.340 e. The van der Waals surface area contributed by atoms with Gasteiger partial charge in [-0.25, -0.2) is 9.78 Å². The second kappa shape index (κ2) is 10.3. The first-order chi connectivity index (χ1) is 18.0. The highest BCUT2D eigenvalue weighted by Crippen LogP contribution is 2.26. The molecule has 1 heterocycles. The third-order valence-electron chi connectivity index (χ3n) is 6.17. The maximum absolute atomic E-state index is 12.9. The number of allylic oxidation sites excluding steroid dienone is 1. The van der Waals surface area contributed by atoms with Crippen LogP contribution in [0.15, 0.2) is 109 Å². The Kier molecular flexibility index (Phi) is 6.64. The number of imidazole rings is 1. The fourth-order valence-corrected chi connectivity index (χ4v) is 4.27. The van der Waals surface area contributed by atoms with Crippen molar-refractivity contribution in [3.63, 3.8) is 0 Å². The zero-order valence-electron chi connectivity index (χ0n) is 20.5.